The lowest BCUT2D eigenvalue weighted by Crippen LogP contribution is -2.25. The number of ketones is 1. The first-order valence-electron chi connectivity index (χ1n) is 8.99. The Labute approximate surface area is 161 Å². The molecule has 1 atom stereocenters. The molecule has 28 heavy (non-hydrogen) atoms. The fourth-order valence-corrected chi connectivity index (χ4v) is 3.21. The third-order valence-electron chi connectivity index (χ3n) is 4.72. The van der Waals surface area contributed by atoms with E-state index in [4.69, 9.17) is 15.7 Å². The van der Waals surface area contributed by atoms with Gasteiger partial charge in [0.25, 0.3) is 5.56 Å². The highest BCUT2D eigenvalue weighted by atomic mass is 16.5. The Morgan fingerprint density at radius 3 is 2.86 bits per heavy atom. The smallest absolute Gasteiger partial charge is 0.338 e. The summed E-state index contributed by atoms with van der Waals surface area (Å²) in [4.78, 5) is 41.4. The van der Waals surface area contributed by atoms with Crippen molar-refractivity contribution in [3.63, 3.8) is 0 Å². The second kappa shape index (κ2) is 8.05. The number of carbonyl (C=O) groups is 2. The highest BCUT2D eigenvalue weighted by Crippen LogP contribution is 2.17. The van der Waals surface area contributed by atoms with Crippen LogP contribution in [0.3, 0.4) is 0 Å². The number of ether oxygens (including phenoxy) is 1. The number of hydrogen-bond donors (Lipinski definition) is 1. The number of nitrogens with zero attached hydrogens (tertiary/aromatic N) is 3. The summed E-state index contributed by atoms with van der Waals surface area (Å²) in [6.07, 6.45) is 3.67. The zero-order chi connectivity index (χ0) is 20.3. The van der Waals surface area contributed by atoms with E-state index >= 15 is 0 Å². The average Bonchev–Trinajstić information content (AvgIpc) is 2.91. The predicted octanol–water partition coefficient (Wildman–Crippen LogP) is 1.46. The van der Waals surface area contributed by atoms with E-state index in [2.05, 4.69) is 11.6 Å². The topological polar surface area (TPSA) is 128 Å². The van der Waals surface area contributed by atoms with Crippen molar-refractivity contribution in [1.29, 1.82) is 5.26 Å². The lowest BCUT2D eigenvalue weighted by Gasteiger charge is -2.11. The molecule has 0 fully saturated rings. The van der Waals surface area contributed by atoms with Crippen molar-refractivity contribution in [2.45, 2.75) is 32.2 Å². The first-order chi connectivity index (χ1) is 13.4. The van der Waals surface area contributed by atoms with Crippen molar-refractivity contribution < 1.29 is 14.3 Å². The minimum Gasteiger partial charge on any atom is -0.454 e. The first kappa shape index (κ1) is 19.3. The maximum absolute atomic E-state index is 12.7. The van der Waals surface area contributed by atoms with Gasteiger partial charge in [0.2, 0.25) is 0 Å². The van der Waals surface area contributed by atoms with E-state index < -0.39 is 24.3 Å². The molecule has 1 aromatic carbocycles. The highest BCUT2D eigenvalue weighted by Gasteiger charge is 2.22. The van der Waals surface area contributed by atoms with Gasteiger partial charge in [-0.25, -0.2) is 9.78 Å². The van der Waals surface area contributed by atoms with Crippen LogP contribution in [0.2, 0.25) is 0 Å². The molecule has 0 saturated carbocycles. The van der Waals surface area contributed by atoms with Crippen molar-refractivity contribution in [3.8, 4) is 6.07 Å². The summed E-state index contributed by atoms with van der Waals surface area (Å²) in [7, 11) is 0. The van der Waals surface area contributed by atoms with Gasteiger partial charge in [0.15, 0.2) is 12.4 Å². The highest BCUT2D eigenvalue weighted by molar-refractivity contribution is 5.96. The SMILES string of the molecule is C=C(N)[C@H](C#N)C(=O)COC(=O)c1ccc2c(=O)n3c(nc2c1)CCCCC3. The number of nitrogens with two attached hydrogens (primary N) is 1. The molecule has 0 radical (unpaired) electrons. The summed E-state index contributed by atoms with van der Waals surface area (Å²) in [5.74, 6) is -1.90. The van der Waals surface area contributed by atoms with Crippen LogP contribution < -0.4 is 11.3 Å². The second-order valence-electron chi connectivity index (χ2n) is 6.71. The van der Waals surface area contributed by atoms with Crippen molar-refractivity contribution in [1.82, 2.24) is 9.55 Å². The standard InChI is InChI=1S/C20H20N4O4/c1-12(22)15(10-21)17(25)11-28-20(27)13-6-7-14-16(9-13)23-18-5-3-2-4-8-24(18)19(14)26/h6-7,9,15H,1-5,8,11,22H2/t15-/m0/s1. The van der Waals surface area contributed by atoms with Crippen molar-refractivity contribution in [2.75, 3.05) is 6.61 Å². The number of carbonyl (C=O) groups excluding carboxylic acids is 2. The Balaban J connectivity index is 1.83. The van der Waals surface area contributed by atoms with E-state index in [0.717, 1.165) is 19.3 Å². The normalized spacial score (nSPS) is 14.4. The lowest BCUT2D eigenvalue weighted by molar-refractivity contribution is -0.123. The van der Waals surface area contributed by atoms with Gasteiger partial charge in [-0.2, -0.15) is 5.26 Å². The minimum atomic E-state index is -1.22. The molecular formula is C20H20N4O4. The fraction of sp³-hybridized carbons (Fsp3) is 0.350. The number of esters is 1. The van der Waals surface area contributed by atoms with Gasteiger partial charge < -0.3 is 10.5 Å². The number of aryl methyl sites for hydroxylation is 1. The Bertz CT molecular complexity index is 1060. The van der Waals surface area contributed by atoms with Gasteiger partial charge in [0.05, 0.1) is 22.5 Å². The molecule has 0 unspecified atom stereocenters. The van der Waals surface area contributed by atoms with Gasteiger partial charge in [-0.1, -0.05) is 13.0 Å². The number of benzene rings is 1. The number of rotatable bonds is 5. The molecule has 0 amide bonds. The van der Waals surface area contributed by atoms with Crippen LogP contribution >= 0.6 is 0 Å². The zero-order valence-electron chi connectivity index (χ0n) is 15.3. The Kier molecular flexibility index (Phi) is 5.54. The third-order valence-corrected chi connectivity index (χ3v) is 4.72. The molecule has 0 bridgehead atoms. The van der Waals surface area contributed by atoms with E-state index in [1.807, 2.05) is 0 Å². The molecule has 0 spiro atoms. The van der Waals surface area contributed by atoms with Crippen LogP contribution in [-0.2, 0) is 22.5 Å². The summed E-state index contributed by atoms with van der Waals surface area (Å²) < 4.78 is 6.69. The molecule has 0 saturated heterocycles. The van der Waals surface area contributed by atoms with Crippen LogP contribution in [0.1, 0.15) is 35.4 Å². The largest absolute Gasteiger partial charge is 0.454 e. The van der Waals surface area contributed by atoms with Gasteiger partial charge in [0, 0.05) is 18.7 Å². The quantitative estimate of drug-likeness (QED) is 0.778. The molecular weight excluding hydrogens is 360 g/mol. The number of Topliss-reactive ketones (excluding diaryl/α,β-unsaturated/α-hetero) is 1. The molecule has 1 aliphatic rings. The van der Waals surface area contributed by atoms with Crippen molar-refractivity contribution in [3.05, 3.63) is 52.2 Å². The van der Waals surface area contributed by atoms with Gasteiger partial charge in [-0.15, -0.1) is 0 Å². The van der Waals surface area contributed by atoms with E-state index in [1.54, 1.807) is 16.7 Å². The van der Waals surface area contributed by atoms with E-state index in [1.165, 1.54) is 12.1 Å². The van der Waals surface area contributed by atoms with Crippen LogP contribution in [0.5, 0.6) is 0 Å². The molecule has 2 aromatic rings. The summed E-state index contributed by atoms with van der Waals surface area (Å²) in [6, 6.07) is 6.21. The average molecular weight is 380 g/mol. The van der Waals surface area contributed by atoms with Crippen molar-refractivity contribution >= 4 is 22.7 Å². The summed E-state index contributed by atoms with van der Waals surface area (Å²) in [5.41, 5.74) is 5.77. The molecule has 2 N–H and O–H groups in total. The van der Waals surface area contributed by atoms with Crippen LogP contribution in [-0.4, -0.2) is 27.9 Å². The van der Waals surface area contributed by atoms with Gasteiger partial charge in [-0.05, 0) is 31.0 Å². The summed E-state index contributed by atoms with van der Waals surface area (Å²) in [6.45, 7) is 3.43. The Hall–Kier alpha value is -3.47. The maximum atomic E-state index is 12.7. The zero-order valence-corrected chi connectivity index (χ0v) is 15.3. The minimum absolute atomic E-state index is 0.0976. The maximum Gasteiger partial charge on any atom is 0.338 e. The second-order valence-corrected chi connectivity index (χ2v) is 6.71. The molecule has 0 aliphatic carbocycles. The predicted molar refractivity (Wildman–Crippen MR) is 101 cm³/mol. The van der Waals surface area contributed by atoms with Crippen LogP contribution in [0.4, 0.5) is 0 Å². The fourth-order valence-electron chi connectivity index (χ4n) is 3.21. The number of hydrogen-bond acceptors (Lipinski definition) is 7. The van der Waals surface area contributed by atoms with Crippen LogP contribution in [0.25, 0.3) is 10.9 Å². The number of fused-ring (bicyclic) bond motifs is 2. The van der Waals surface area contributed by atoms with Crippen LogP contribution in [0, 0.1) is 17.2 Å². The molecule has 8 heteroatoms. The number of allylic oxidation sites excluding steroid dienone is 1. The monoisotopic (exact) mass is 380 g/mol. The summed E-state index contributed by atoms with van der Waals surface area (Å²) in [5, 5.41) is 9.35. The molecule has 1 aliphatic heterocycles. The van der Waals surface area contributed by atoms with E-state index in [-0.39, 0.29) is 16.8 Å². The van der Waals surface area contributed by atoms with E-state index in [0.29, 0.717) is 29.7 Å². The molecule has 144 valence electrons. The van der Waals surface area contributed by atoms with E-state index in [9.17, 15) is 14.4 Å². The molecule has 2 heterocycles. The number of aromatic nitrogens is 2. The molecule has 8 nitrogen and oxygen atoms in total. The van der Waals surface area contributed by atoms with Gasteiger partial charge in [0.1, 0.15) is 11.7 Å². The third kappa shape index (κ3) is 3.78. The molecule has 1 aromatic heterocycles. The Morgan fingerprint density at radius 2 is 2.14 bits per heavy atom. The van der Waals surface area contributed by atoms with Crippen LogP contribution in [0.15, 0.2) is 35.3 Å². The lowest BCUT2D eigenvalue weighted by atomic mass is 10.0. The Morgan fingerprint density at radius 1 is 1.36 bits per heavy atom. The van der Waals surface area contributed by atoms with Crippen molar-refractivity contribution in [2.24, 2.45) is 11.7 Å². The van der Waals surface area contributed by atoms with Gasteiger partial charge >= 0.3 is 5.97 Å². The first-order valence-corrected chi connectivity index (χ1v) is 8.99. The van der Waals surface area contributed by atoms with Gasteiger partial charge in [-0.3, -0.25) is 14.2 Å². The number of nitriles is 1. The summed E-state index contributed by atoms with van der Waals surface area (Å²) >= 11 is 0. The molecule has 3 rings (SSSR count).